The van der Waals surface area contributed by atoms with Crippen LogP contribution in [0.15, 0.2) is 48.2 Å². The van der Waals surface area contributed by atoms with Gasteiger partial charge in [0.25, 0.3) is 5.91 Å². The van der Waals surface area contributed by atoms with E-state index in [9.17, 15) is 4.79 Å². The van der Waals surface area contributed by atoms with Gasteiger partial charge in [0.1, 0.15) is 17.8 Å². The van der Waals surface area contributed by atoms with Gasteiger partial charge in [-0.1, -0.05) is 32.0 Å². The summed E-state index contributed by atoms with van der Waals surface area (Å²) < 4.78 is 1.17. The van der Waals surface area contributed by atoms with Gasteiger partial charge in [0.2, 0.25) is 0 Å². The van der Waals surface area contributed by atoms with Gasteiger partial charge in [0.05, 0.1) is 17.0 Å². The van der Waals surface area contributed by atoms with Gasteiger partial charge in [-0.3, -0.25) is 4.79 Å². The van der Waals surface area contributed by atoms with E-state index in [0.29, 0.717) is 5.92 Å². The number of carbonyl (C=O) groups excluding carboxylic acids is 1. The number of benzene rings is 1. The molecule has 1 aliphatic heterocycles. The average molecular weight is 434 g/mol. The number of thiophene rings is 1. The van der Waals surface area contributed by atoms with Gasteiger partial charge in [-0.2, -0.15) is 0 Å². The second-order valence-corrected chi connectivity index (χ2v) is 9.56. The largest absolute Gasteiger partial charge is 0.354 e. The molecule has 7 heteroatoms. The molecular formula is C24H27N5OS. The molecule has 5 rings (SSSR count). The molecule has 1 unspecified atom stereocenters. The lowest BCUT2D eigenvalue weighted by atomic mass is 10.1. The number of rotatable bonds is 6. The van der Waals surface area contributed by atoms with Crippen molar-refractivity contribution in [2.75, 3.05) is 24.5 Å². The van der Waals surface area contributed by atoms with Crippen LogP contribution in [0.2, 0.25) is 0 Å². The van der Waals surface area contributed by atoms with Gasteiger partial charge >= 0.3 is 0 Å². The number of hydrogen-bond acceptors (Lipinski definition) is 5. The molecule has 0 spiro atoms. The smallest absolute Gasteiger partial charge is 0.255 e. The number of aromatic nitrogens is 3. The summed E-state index contributed by atoms with van der Waals surface area (Å²) in [6.07, 6.45) is 5.46. The van der Waals surface area contributed by atoms with Crippen LogP contribution in [0.5, 0.6) is 0 Å². The molecule has 0 bridgehead atoms. The molecule has 0 radical (unpaired) electrons. The molecule has 160 valence electrons. The minimum Gasteiger partial charge on any atom is -0.354 e. The van der Waals surface area contributed by atoms with Gasteiger partial charge in [0.15, 0.2) is 0 Å². The molecule has 4 heterocycles. The van der Waals surface area contributed by atoms with Gasteiger partial charge in [-0.15, -0.1) is 11.3 Å². The first-order valence-corrected chi connectivity index (χ1v) is 11.8. The van der Waals surface area contributed by atoms with Crippen LogP contribution < -0.4 is 4.90 Å². The van der Waals surface area contributed by atoms with E-state index in [2.05, 4.69) is 50.7 Å². The summed E-state index contributed by atoms with van der Waals surface area (Å²) in [6, 6.07) is 10.4. The van der Waals surface area contributed by atoms with Crippen molar-refractivity contribution in [2.24, 2.45) is 5.92 Å². The zero-order valence-corrected chi connectivity index (χ0v) is 18.7. The molecule has 1 aliphatic rings. The molecule has 0 saturated carbocycles. The maximum atomic E-state index is 13.7. The number of hydrogen-bond donors (Lipinski definition) is 1. The Bertz CT molecular complexity index is 1210. The number of H-pyrrole nitrogens is 1. The SMILES string of the molecule is CC(C)CCN(C(=O)c1csc2ccccc12)C1CCN(c2ncnc3[nH]ccc23)C1. The number of fused-ring (bicyclic) bond motifs is 2. The monoisotopic (exact) mass is 433 g/mol. The fraction of sp³-hybridized carbons (Fsp3) is 0.375. The van der Waals surface area contributed by atoms with Crippen molar-refractivity contribution in [3.63, 3.8) is 0 Å². The van der Waals surface area contributed by atoms with E-state index < -0.39 is 0 Å². The Labute approximate surface area is 185 Å². The number of aromatic amines is 1. The van der Waals surface area contributed by atoms with E-state index in [-0.39, 0.29) is 11.9 Å². The van der Waals surface area contributed by atoms with Crippen molar-refractivity contribution in [1.29, 1.82) is 0 Å². The minimum absolute atomic E-state index is 0.152. The van der Waals surface area contributed by atoms with E-state index >= 15 is 0 Å². The molecular weight excluding hydrogens is 406 g/mol. The summed E-state index contributed by atoms with van der Waals surface area (Å²) in [5.74, 6) is 1.65. The molecule has 3 aromatic heterocycles. The maximum Gasteiger partial charge on any atom is 0.255 e. The Morgan fingerprint density at radius 2 is 2.13 bits per heavy atom. The number of amides is 1. The van der Waals surface area contributed by atoms with E-state index in [1.807, 2.05) is 29.8 Å². The zero-order chi connectivity index (χ0) is 21.4. The molecule has 1 N–H and O–H groups in total. The van der Waals surface area contributed by atoms with Crippen LogP contribution >= 0.6 is 11.3 Å². The van der Waals surface area contributed by atoms with Crippen molar-refractivity contribution in [2.45, 2.75) is 32.7 Å². The van der Waals surface area contributed by atoms with Crippen molar-refractivity contribution >= 4 is 44.2 Å². The third kappa shape index (κ3) is 3.78. The van der Waals surface area contributed by atoms with E-state index in [1.54, 1.807) is 17.7 Å². The number of carbonyl (C=O) groups is 1. The summed E-state index contributed by atoms with van der Waals surface area (Å²) in [6.45, 7) is 6.89. The third-order valence-electron chi connectivity index (χ3n) is 6.16. The van der Waals surface area contributed by atoms with Crippen LogP contribution in [0.1, 0.15) is 37.0 Å². The standard InChI is InChI=1S/C24H27N5OS/c1-16(2)8-12-29(24(30)20-14-31-21-6-4-3-5-18(20)21)17-9-11-28(13-17)23-19-7-10-25-22(19)26-15-27-23/h3-7,10,14-17H,8-9,11-13H2,1-2H3,(H,25,26,27). The fourth-order valence-corrected chi connectivity index (χ4v) is 5.38. The predicted molar refractivity (Wildman–Crippen MR) is 127 cm³/mol. The Morgan fingerprint density at radius 1 is 1.26 bits per heavy atom. The molecule has 0 aliphatic carbocycles. The minimum atomic E-state index is 0.152. The van der Waals surface area contributed by atoms with Crippen LogP contribution in [-0.2, 0) is 0 Å². The Hall–Kier alpha value is -2.93. The molecule has 6 nitrogen and oxygen atoms in total. The van der Waals surface area contributed by atoms with Crippen LogP contribution in [0.4, 0.5) is 5.82 Å². The van der Waals surface area contributed by atoms with Crippen molar-refractivity contribution < 1.29 is 4.79 Å². The Kier molecular flexibility index (Phi) is 5.36. The summed E-state index contributed by atoms with van der Waals surface area (Å²) >= 11 is 1.65. The zero-order valence-electron chi connectivity index (χ0n) is 17.9. The highest BCUT2D eigenvalue weighted by atomic mass is 32.1. The average Bonchev–Trinajstić information content (AvgIpc) is 3.52. The second kappa shape index (κ2) is 8.30. The highest BCUT2D eigenvalue weighted by Crippen LogP contribution is 2.31. The quantitative estimate of drug-likeness (QED) is 0.468. The molecule has 4 aromatic rings. The van der Waals surface area contributed by atoms with Crippen molar-refractivity contribution in [3.8, 4) is 0 Å². The van der Waals surface area contributed by atoms with E-state index in [0.717, 1.165) is 60.3 Å². The lowest BCUT2D eigenvalue weighted by Gasteiger charge is -2.30. The molecule has 1 amide bonds. The normalized spacial score (nSPS) is 16.6. The van der Waals surface area contributed by atoms with Crippen LogP contribution in [-0.4, -0.2) is 51.4 Å². The first-order valence-electron chi connectivity index (χ1n) is 10.9. The summed E-state index contributed by atoms with van der Waals surface area (Å²) in [5, 5.41) is 4.12. The first-order chi connectivity index (χ1) is 15.1. The van der Waals surface area contributed by atoms with Crippen molar-refractivity contribution in [1.82, 2.24) is 19.9 Å². The number of nitrogens with one attached hydrogen (secondary N) is 1. The first kappa shape index (κ1) is 20.0. The van der Waals surface area contributed by atoms with Crippen molar-refractivity contribution in [3.05, 3.63) is 53.8 Å². The topological polar surface area (TPSA) is 65.1 Å². The second-order valence-electron chi connectivity index (χ2n) is 8.65. The van der Waals surface area contributed by atoms with E-state index in [1.165, 1.54) is 4.70 Å². The Balaban J connectivity index is 1.42. The summed E-state index contributed by atoms with van der Waals surface area (Å²) in [4.78, 5) is 30.2. The van der Waals surface area contributed by atoms with E-state index in [4.69, 9.17) is 0 Å². The third-order valence-corrected chi connectivity index (χ3v) is 7.12. The maximum absolute atomic E-state index is 13.7. The predicted octanol–water partition coefficient (Wildman–Crippen LogP) is 4.94. The molecule has 1 fully saturated rings. The van der Waals surface area contributed by atoms with Gasteiger partial charge in [0, 0.05) is 41.3 Å². The lowest BCUT2D eigenvalue weighted by Crippen LogP contribution is -2.43. The van der Waals surface area contributed by atoms with Gasteiger partial charge in [-0.25, -0.2) is 9.97 Å². The molecule has 1 saturated heterocycles. The van der Waals surface area contributed by atoms with Gasteiger partial charge in [-0.05, 0) is 30.9 Å². The van der Waals surface area contributed by atoms with Crippen LogP contribution in [0.25, 0.3) is 21.1 Å². The summed E-state index contributed by atoms with van der Waals surface area (Å²) in [5.41, 5.74) is 1.68. The lowest BCUT2D eigenvalue weighted by molar-refractivity contribution is 0.0687. The number of nitrogens with zero attached hydrogens (tertiary/aromatic N) is 4. The van der Waals surface area contributed by atoms with Crippen LogP contribution in [0.3, 0.4) is 0 Å². The van der Waals surface area contributed by atoms with Gasteiger partial charge < -0.3 is 14.8 Å². The molecule has 1 atom stereocenters. The highest BCUT2D eigenvalue weighted by molar-refractivity contribution is 7.17. The molecule has 31 heavy (non-hydrogen) atoms. The summed E-state index contributed by atoms with van der Waals surface area (Å²) in [7, 11) is 0. The molecule has 1 aromatic carbocycles. The number of anilines is 1. The van der Waals surface area contributed by atoms with Crippen LogP contribution in [0, 0.1) is 5.92 Å². The Morgan fingerprint density at radius 3 is 3.00 bits per heavy atom. The fourth-order valence-electron chi connectivity index (χ4n) is 4.44. The highest BCUT2D eigenvalue weighted by Gasteiger charge is 2.33.